The van der Waals surface area contributed by atoms with E-state index in [1.807, 2.05) is 30.3 Å². The molecule has 0 saturated heterocycles. The standard InChI is InChI=1S/C18H21NO5/c1-4-24-19-18(20)14-10-15(21-2)17(16(11-14)22-3)23-12-13-8-6-5-7-9-13/h5-11H,4,12H2,1-3H3,(H,19,20). The third-order valence-electron chi connectivity index (χ3n) is 3.26. The van der Waals surface area contributed by atoms with Crippen LogP contribution in [0.5, 0.6) is 17.2 Å². The summed E-state index contributed by atoms with van der Waals surface area (Å²) >= 11 is 0. The predicted molar refractivity (Wildman–Crippen MR) is 89.4 cm³/mol. The van der Waals surface area contributed by atoms with Crippen LogP contribution in [-0.2, 0) is 11.4 Å². The molecular formula is C18H21NO5. The van der Waals surface area contributed by atoms with Gasteiger partial charge in [0.25, 0.3) is 5.91 Å². The average Bonchev–Trinajstić information content (AvgIpc) is 2.64. The van der Waals surface area contributed by atoms with E-state index in [0.717, 1.165) is 5.56 Å². The maximum absolute atomic E-state index is 12.0. The first-order valence-electron chi connectivity index (χ1n) is 7.54. The van der Waals surface area contributed by atoms with Gasteiger partial charge in [0.2, 0.25) is 5.75 Å². The van der Waals surface area contributed by atoms with Crippen LogP contribution in [0.3, 0.4) is 0 Å². The lowest BCUT2D eigenvalue weighted by molar-refractivity contribution is 0.0364. The first-order valence-corrected chi connectivity index (χ1v) is 7.54. The lowest BCUT2D eigenvalue weighted by Crippen LogP contribution is -2.23. The number of ether oxygens (including phenoxy) is 3. The van der Waals surface area contributed by atoms with E-state index in [2.05, 4.69) is 5.48 Å². The van der Waals surface area contributed by atoms with Crippen molar-refractivity contribution in [2.75, 3.05) is 20.8 Å². The second kappa shape index (κ2) is 8.79. The summed E-state index contributed by atoms with van der Waals surface area (Å²) in [6.45, 7) is 2.51. The molecule has 0 aliphatic heterocycles. The number of amides is 1. The van der Waals surface area contributed by atoms with E-state index < -0.39 is 0 Å². The Morgan fingerprint density at radius 1 is 1.04 bits per heavy atom. The Bertz CT molecular complexity index is 647. The molecule has 2 aromatic carbocycles. The van der Waals surface area contributed by atoms with E-state index in [1.165, 1.54) is 14.2 Å². The van der Waals surface area contributed by atoms with Crippen molar-refractivity contribution >= 4 is 5.91 Å². The number of hydroxylamine groups is 1. The molecule has 0 aliphatic rings. The number of carbonyl (C=O) groups is 1. The minimum absolute atomic E-state index is 0.351. The summed E-state index contributed by atoms with van der Waals surface area (Å²) < 4.78 is 16.5. The number of hydrogen-bond donors (Lipinski definition) is 1. The monoisotopic (exact) mass is 331 g/mol. The van der Waals surface area contributed by atoms with Crippen molar-refractivity contribution in [2.24, 2.45) is 0 Å². The topological polar surface area (TPSA) is 66.0 Å². The Kier molecular flexibility index (Phi) is 6.45. The summed E-state index contributed by atoms with van der Waals surface area (Å²) in [4.78, 5) is 17.0. The van der Waals surface area contributed by atoms with Gasteiger partial charge in [0, 0.05) is 5.56 Å². The number of methoxy groups -OCH3 is 2. The molecule has 0 heterocycles. The predicted octanol–water partition coefficient (Wildman–Crippen LogP) is 2.96. The quantitative estimate of drug-likeness (QED) is 0.753. The zero-order valence-corrected chi connectivity index (χ0v) is 14.0. The van der Waals surface area contributed by atoms with Crippen molar-refractivity contribution in [3.63, 3.8) is 0 Å². The van der Waals surface area contributed by atoms with Crippen LogP contribution < -0.4 is 19.7 Å². The maximum atomic E-state index is 12.0. The van der Waals surface area contributed by atoms with Crippen LogP contribution in [0, 0.1) is 0 Å². The fourth-order valence-corrected chi connectivity index (χ4v) is 2.08. The highest BCUT2D eigenvalue weighted by Gasteiger charge is 2.18. The van der Waals surface area contributed by atoms with Gasteiger partial charge in [0.05, 0.1) is 20.8 Å². The van der Waals surface area contributed by atoms with Crippen LogP contribution in [-0.4, -0.2) is 26.7 Å². The number of nitrogens with one attached hydrogen (secondary N) is 1. The molecule has 1 N–H and O–H groups in total. The summed E-state index contributed by atoms with van der Waals surface area (Å²) in [6, 6.07) is 12.9. The average molecular weight is 331 g/mol. The Hall–Kier alpha value is -2.73. The molecule has 6 nitrogen and oxygen atoms in total. The van der Waals surface area contributed by atoms with Gasteiger partial charge in [-0.1, -0.05) is 30.3 Å². The SMILES string of the molecule is CCONC(=O)c1cc(OC)c(OCc2ccccc2)c(OC)c1. The molecule has 0 atom stereocenters. The fraction of sp³-hybridized carbons (Fsp3) is 0.278. The lowest BCUT2D eigenvalue weighted by atomic mass is 10.1. The van der Waals surface area contributed by atoms with E-state index in [1.54, 1.807) is 19.1 Å². The van der Waals surface area contributed by atoms with Crippen molar-refractivity contribution in [3.8, 4) is 17.2 Å². The molecule has 24 heavy (non-hydrogen) atoms. The molecule has 0 unspecified atom stereocenters. The third-order valence-corrected chi connectivity index (χ3v) is 3.26. The Labute approximate surface area is 141 Å². The summed E-state index contributed by atoms with van der Waals surface area (Å²) in [5.74, 6) is 0.874. The van der Waals surface area contributed by atoms with Gasteiger partial charge in [-0.15, -0.1) is 0 Å². The molecule has 0 aromatic heterocycles. The van der Waals surface area contributed by atoms with E-state index in [0.29, 0.717) is 36.0 Å². The first-order chi connectivity index (χ1) is 11.7. The molecule has 6 heteroatoms. The summed E-state index contributed by atoms with van der Waals surface area (Å²) in [6.07, 6.45) is 0. The normalized spacial score (nSPS) is 10.1. The third kappa shape index (κ3) is 4.39. The van der Waals surface area contributed by atoms with Crippen LogP contribution in [0.1, 0.15) is 22.8 Å². The molecule has 0 radical (unpaired) electrons. The number of carbonyl (C=O) groups excluding carboxylic acids is 1. The molecule has 0 spiro atoms. The van der Waals surface area contributed by atoms with E-state index in [-0.39, 0.29) is 5.91 Å². The van der Waals surface area contributed by atoms with Gasteiger partial charge in [-0.2, -0.15) is 0 Å². The molecule has 1 amide bonds. The van der Waals surface area contributed by atoms with E-state index >= 15 is 0 Å². The van der Waals surface area contributed by atoms with Crippen LogP contribution in [0.25, 0.3) is 0 Å². The minimum atomic E-state index is -0.386. The van der Waals surface area contributed by atoms with Crippen molar-refractivity contribution in [3.05, 3.63) is 53.6 Å². The molecule has 0 fully saturated rings. The summed E-state index contributed by atoms with van der Waals surface area (Å²) in [5, 5.41) is 0. The van der Waals surface area contributed by atoms with Gasteiger partial charge < -0.3 is 14.2 Å². The molecule has 0 bridgehead atoms. The van der Waals surface area contributed by atoms with Crippen LogP contribution >= 0.6 is 0 Å². The molecule has 128 valence electrons. The minimum Gasteiger partial charge on any atom is -0.493 e. The smallest absolute Gasteiger partial charge is 0.275 e. The molecule has 0 saturated carbocycles. The molecule has 0 aliphatic carbocycles. The van der Waals surface area contributed by atoms with Crippen molar-refractivity contribution < 1.29 is 23.8 Å². The first kappa shape index (κ1) is 17.6. The second-order valence-electron chi connectivity index (χ2n) is 4.85. The highest BCUT2D eigenvalue weighted by atomic mass is 16.6. The van der Waals surface area contributed by atoms with Crippen molar-refractivity contribution in [1.29, 1.82) is 0 Å². The van der Waals surface area contributed by atoms with Crippen molar-refractivity contribution in [2.45, 2.75) is 13.5 Å². The molecule has 2 aromatic rings. The summed E-state index contributed by atoms with van der Waals surface area (Å²) in [7, 11) is 3.02. The van der Waals surface area contributed by atoms with E-state index in [9.17, 15) is 4.79 Å². The van der Waals surface area contributed by atoms with Gasteiger partial charge in [-0.3, -0.25) is 9.63 Å². The highest BCUT2D eigenvalue weighted by Crippen LogP contribution is 2.39. The van der Waals surface area contributed by atoms with Gasteiger partial charge >= 0.3 is 0 Å². The zero-order valence-electron chi connectivity index (χ0n) is 14.0. The number of benzene rings is 2. The summed E-state index contributed by atoms with van der Waals surface area (Å²) in [5.41, 5.74) is 3.70. The number of rotatable bonds is 8. The van der Waals surface area contributed by atoms with Gasteiger partial charge in [0.15, 0.2) is 11.5 Å². The Morgan fingerprint density at radius 3 is 2.21 bits per heavy atom. The van der Waals surface area contributed by atoms with Crippen molar-refractivity contribution in [1.82, 2.24) is 5.48 Å². The lowest BCUT2D eigenvalue weighted by Gasteiger charge is -2.16. The van der Waals surface area contributed by atoms with Crippen LogP contribution in [0.4, 0.5) is 0 Å². The zero-order chi connectivity index (χ0) is 17.4. The molecular weight excluding hydrogens is 310 g/mol. The second-order valence-corrected chi connectivity index (χ2v) is 4.85. The van der Waals surface area contributed by atoms with Gasteiger partial charge in [-0.05, 0) is 24.6 Å². The fourth-order valence-electron chi connectivity index (χ4n) is 2.08. The highest BCUT2D eigenvalue weighted by molar-refractivity contribution is 5.95. The van der Waals surface area contributed by atoms with Crippen LogP contribution in [0.2, 0.25) is 0 Å². The Morgan fingerprint density at radius 2 is 1.67 bits per heavy atom. The Balaban J connectivity index is 2.25. The van der Waals surface area contributed by atoms with Gasteiger partial charge in [0.1, 0.15) is 6.61 Å². The molecule has 2 rings (SSSR count). The van der Waals surface area contributed by atoms with Crippen LogP contribution in [0.15, 0.2) is 42.5 Å². The van der Waals surface area contributed by atoms with Gasteiger partial charge in [-0.25, -0.2) is 5.48 Å². The largest absolute Gasteiger partial charge is 0.493 e. The van der Waals surface area contributed by atoms with E-state index in [4.69, 9.17) is 19.0 Å². The number of hydrogen-bond acceptors (Lipinski definition) is 5. The maximum Gasteiger partial charge on any atom is 0.275 e.